The number of carbonyl (C=O) groups excluding carboxylic acids is 1. The van der Waals surface area contributed by atoms with Gasteiger partial charge in [-0.25, -0.2) is 4.39 Å². The molecule has 0 spiro atoms. The molecule has 1 atom stereocenters. The van der Waals surface area contributed by atoms with Gasteiger partial charge in [-0.1, -0.05) is 24.6 Å². The van der Waals surface area contributed by atoms with Crippen LogP contribution in [0, 0.1) is 11.7 Å². The van der Waals surface area contributed by atoms with E-state index in [-0.39, 0.29) is 23.2 Å². The molecule has 108 valence electrons. The van der Waals surface area contributed by atoms with Crippen LogP contribution in [0.4, 0.5) is 4.39 Å². The Labute approximate surface area is 121 Å². The minimum Gasteiger partial charge on any atom is -0.481 e. The van der Waals surface area contributed by atoms with Crippen LogP contribution in [0.2, 0.25) is 5.02 Å². The van der Waals surface area contributed by atoms with Gasteiger partial charge in [-0.05, 0) is 25.0 Å². The summed E-state index contributed by atoms with van der Waals surface area (Å²) in [5, 5.41) is 8.74. The van der Waals surface area contributed by atoms with Gasteiger partial charge in [0.05, 0.1) is 16.5 Å². The molecular weight excluding hydrogens is 285 g/mol. The predicted octanol–water partition coefficient (Wildman–Crippen LogP) is 2.80. The summed E-state index contributed by atoms with van der Waals surface area (Å²) in [4.78, 5) is 24.9. The van der Waals surface area contributed by atoms with Crippen molar-refractivity contribution >= 4 is 23.5 Å². The third-order valence-corrected chi connectivity index (χ3v) is 3.71. The van der Waals surface area contributed by atoms with Gasteiger partial charge in [-0.2, -0.15) is 0 Å². The smallest absolute Gasteiger partial charge is 0.308 e. The van der Waals surface area contributed by atoms with E-state index in [4.69, 9.17) is 16.7 Å². The number of aliphatic carboxylic acids is 1. The second-order valence-corrected chi connectivity index (χ2v) is 5.41. The molecule has 1 aromatic rings. The molecular formula is C14H15ClFNO3. The fourth-order valence-electron chi connectivity index (χ4n) is 1.98. The van der Waals surface area contributed by atoms with Gasteiger partial charge < -0.3 is 10.0 Å². The molecule has 1 saturated carbocycles. The van der Waals surface area contributed by atoms with E-state index in [9.17, 15) is 14.0 Å². The van der Waals surface area contributed by atoms with Gasteiger partial charge in [-0.15, -0.1) is 0 Å². The van der Waals surface area contributed by atoms with E-state index in [1.54, 1.807) is 0 Å². The Morgan fingerprint density at radius 1 is 1.50 bits per heavy atom. The number of carboxylic acids is 1. The summed E-state index contributed by atoms with van der Waals surface area (Å²) in [7, 11) is 0. The van der Waals surface area contributed by atoms with Gasteiger partial charge in [0.1, 0.15) is 5.82 Å². The Morgan fingerprint density at radius 3 is 2.70 bits per heavy atom. The number of nitrogens with zero attached hydrogens (tertiary/aromatic N) is 1. The highest BCUT2D eigenvalue weighted by Crippen LogP contribution is 2.31. The van der Waals surface area contributed by atoms with Crippen LogP contribution in [0.15, 0.2) is 18.2 Å². The molecule has 1 unspecified atom stereocenters. The third kappa shape index (κ3) is 3.10. The van der Waals surface area contributed by atoms with Crippen LogP contribution in [0.5, 0.6) is 0 Å². The van der Waals surface area contributed by atoms with Crippen molar-refractivity contribution in [1.82, 2.24) is 4.90 Å². The molecule has 6 heteroatoms. The van der Waals surface area contributed by atoms with Crippen molar-refractivity contribution in [2.24, 2.45) is 5.92 Å². The Morgan fingerprint density at radius 2 is 2.15 bits per heavy atom. The minimum atomic E-state index is -0.964. The zero-order chi connectivity index (χ0) is 14.9. The zero-order valence-electron chi connectivity index (χ0n) is 11.0. The molecule has 0 aromatic heterocycles. The van der Waals surface area contributed by atoms with E-state index >= 15 is 0 Å². The summed E-state index contributed by atoms with van der Waals surface area (Å²) in [6, 6.07) is 4.08. The number of hydrogen-bond acceptors (Lipinski definition) is 2. The molecule has 20 heavy (non-hydrogen) atoms. The summed E-state index contributed by atoms with van der Waals surface area (Å²) < 4.78 is 13.4. The van der Waals surface area contributed by atoms with E-state index in [1.807, 2.05) is 0 Å². The molecule has 1 aliphatic rings. The fraction of sp³-hybridized carbons (Fsp3) is 0.429. The lowest BCUT2D eigenvalue weighted by molar-refractivity contribution is -0.141. The van der Waals surface area contributed by atoms with Gasteiger partial charge in [-0.3, -0.25) is 9.59 Å². The number of amides is 1. The molecule has 1 aromatic carbocycles. The average Bonchev–Trinajstić information content (AvgIpc) is 3.22. The van der Waals surface area contributed by atoms with Crippen LogP contribution < -0.4 is 0 Å². The number of rotatable bonds is 5. The Balaban J connectivity index is 2.23. The monoisotopic (exact) mass is 299 g/mol. The summed E-state index contributed by atoms with van der Waals surface area (Å²) in [5.74, 6) is -2.70. The first-order valence-electron chi connectivity index (χ1n) is 6.39. The quantitative estimate of drug-likeness (QED) is 0.909. The Kier molecular flexibility index (Phi) is 4.28. The van der Waals surface area contributed by atoms with E-state index in [0.717, 1.165) is 12.8 Å². The maximum absolute atomic E-state index is 13.4. The van der Waals surface area contributed by atoms with Gasteiger partial charge in [0.15, 0.2) is 0 Å². The Bertz CT molecular complexity index is 545. The first kappa shape index (κ1) is 14.8. The molecule has 0 saturated heterocycles. The molecule has 0 radical (unpaired) electrons. The van der Waals surface area contributed by atoms with Crippen LogP contribution in [0.3, 0.4) is 0 Å². The lowest BCUT2D eigenvalue weighted by Crippen LogP contribution is -2.38. The second kappa shape index (κ2) is 5.79. The van der Waals surface area contributed by atoms with Crippen molar-refractivity contribution in [1.29, 1.82) is 0 Å². The summed E-state index contributed by atoms with van der Waals surface area (Å²) in [6.07, 6.45) is 1.68. The number of halogens is 2. The number of carboxylic acid groups (broad SMARTS) is 1. The van der Waals surface area contributed by atoms with E-state index in [1.165, 1.54) is 30.0 Å². The first-order chi connectivity index (χ1) is 9.41. The lowest BCUT2D eigenvalue weighted by Gasteiger charge is -2.24. The van der Waals surface area contributed by atoms with Gasteiger partial charge in [0.2, 0.25) is 0 Å². The largest absolute Gasteiger partial charge is 0.481 e. The predicted molar refractivity (Wildman–Crippen MR) is 72.3 cm³/mol. The molecule has 4 nitrogen and oxygen atoms in total. The summed E-state index contributed by atoms with van der Waals surface area (Å²) in [6.45, 7) is 1.64. The van der Waals surface area contributed by atoms with Crippen LogP contribution in [-0.2, 0) is 4.79 Å². The SMILES string of the molecule is CC(CN(C(=O)c1cccc(F)c1Cl)C1CC1)C(=O)O. The second-order valence-electron chi connectivity index (χ2n) is 5.03. The number of carbonyl (C=O) groups is 2. The normalized spacial score (nSPS) is 15.8. The summed E-state index contributed by atoms with van der Waals surface area (Å²) in [5.41, 5.74) is 0.0798. The van der Waals surface area contributed by atoms with Crippen molar-refractivity contribution in [2.45, 2.75) is 25.8 Å². The maximum Gasteiger partial charge on any atom is 0.308 e. The Hall–Kier alpha value is -1.62. The molecule has 1 fully saturated rings. The van der Waals surface area contributed by atoms with Crippen molar-refractivity contribution in [2.75, 3.05) is 6.54 Å². The molecule has 0 bridgehead atoms. The van der Waals surface area contributed by atoms with Crippen LogP contribution in [0.1, 0.15) is 30.1 Å². The van der Waals surface area contributed by atoms with Gasteiger partial charge >= 0.3 is 5.97 Å². The van der Waals surface area contributed by atoms with Gasteiger partial charge in [0, 0.05) is 12.6 Å². The minimum absolute atomic E-state index is 0.0311. The topological polar surface area (TPSA) is 57.6 Å². The molecule has 0 aliphatic heterocycles. The van der Waals surface area contributed by atoms with E-state index < -0.39 is 23.6 Å². The highest BCUT2D eigenvalue weighted by molar-refractivity contribution is 6.34. The first-order valence-corrected chi connectivity index (χ1v) is 6.77. The molecule has 1 N–H and O–H groups in total. The molecule has 1 amide bonds. The third-order valence-electron chi connectivity index (χ3n) is 3.32. The number of benzene rings is 1. The lowest BCUT2D eigenvalue weighted by atomic mass is 10.1. The number of hydrogen-bond donors (Lipinski definition) is 1. The average molecular weight is 300 g/mol. The highest BCUT2D eigenvalue weighted by atomic mass is 35.5. The van der Waals surface area contributed by atoms with Crippen molar-refractivity contribution in [3.8, 4) is 0 Å². The van der Waals surface area contributed by atoms with Gasteiger partial charge in [0.25, 0.3) is 5.91 Å². The summed E-state index contributed by atoms with van der Waals surface area (Å²) >= 11 is 5.82. The standard InChI is InChI=1S/C14H15ClFNO3/c1-8(14(19)20)7-17(9-5-6-9)13(18)10-3-2-4-11(16)12(10)15/h2-4,8-9H,5-7H2,1H3,(H,19,20). The molecule has 2 rings (SSSR count). The zero-order valence-corrected chi connectivity index (χ0v) is 11.7. The van der Waals surface area contributed by atoms with E-state index in [2.05, 4.69) is 0 Å². The van der Waals surface area contributed by atoms with Crippen molar-refractivity contribution in [3.05, 3.63) is 34.6 Å². The van der Waals surface area contributed by atoms with Crippen LogP contribution >= 0.6 is 11.6 Å². The fourth-order valence-corrected chi connectivity index (χ4v) is 2.19. The molecule has 0 heterocycles. The van der Waals surface area contributed by atoms with Crippen LogP contribution in [-0.4, -0.2) is 34.5 Å². The van der Waals surface area contributed by atoms with Crippen molar-refractivity contribution in [3.63, 3.8) is 0 Å². The maximum atomic E-state index is 13.4. The van der Waals surface area contributed by atoms with Crippen molar-refractivity contribution < 1.29 is 19.1 Å². The van der Waals surface area contributed by atoms with Crippen LogP contribution in [0.25, 0.3) is 0 Å². The highest BCUT2D eigenvalue weighted by Gasteiger charge is 2.35. The molecule has 1 aliphatic carbocycles. The van der Waals surface area contributed by atoms with E-state index in [0.29, 0.717) is 0 Å².